The number of nitrogens with two attached hydrogens (primary N) is 1. The second-order valence-electron chi connectivity index (χ2n) is 4.93. The van der Waals surface area contributed by atoms with Gasteiger partial charge in [0.25, 0.3) is 0 Å². The number of carbonyl (C=O) groups excluding carboxylic acids is 1. The number of likely N-dealkylation sites (tertiary alicyclic amines) is 1. The van der Waals surface area contributed by atoms with E-state index < -0.39 is 5.97 Å². The molecule has 0 radical (unpaired) electrons. The van der Waals surface area contributed by atoms with E-state index in [-0.39, 0.29) is 18.4 Å². The first-order valence-corrected chi connectivity index (χ1v) is 6.86. The Labute approximate surface area is 108 Å². The Morgan fingerprint density at radius 1 is 1.22 bits per heavy atom. The number of hydrogen-bond acceptors (Lipinski definition) is 3. The largest absolute Gasteiger partial charge is 0.481 e. The molecule has 1 rings (SSSR count). The highest BCUT2D eigenvalue weighted by Gasteiger charge is 2.29. The van der Waals surface area contributed by atoms with Crippen LogP contribution in [0.3, 0.4) is 0 Å². The average molecular weight is 256 g/mol. The van der Waals surface area contributed by atoms with E-state index in [1.54, 1.807) is 4.90 Å². The molecular formula is C13H24N2O3. The van der Waals surface area contributed by atoms with Crippen molar-refractivity contribution < 1.29 is 14.7 Å². The van der Waals surface area contributed by atoms with Crippen molar-refractivity contribution in [3.8, 4) is 0 Å². The molecule has 104 valence electrons. The molecule has 0 aromatic rings. The van der Waals surface area contributed by atoms with Gasteiger partial charge in [0, 0.05) is 19.0 Å². The molecule has 1 unspecified atom stereocenters. The Hall–Kier alpha value is -1.10. The molecule has 0 aromatic carbocycles. The average Bonchev–Trinajstić information content (AvgIpc) is 2.76. The molecule has 1 saturated heterocycles. The fourth-order valence-electron chi connectivity index (χ4n) is 2.50. The van der Waals surface area contributed by atoms with Gasteiger partial charge in [-0.2, -0.15) is 0 Å². The number of carbonyl (C=O) groups is 2. The summed E-state index contributed by atoms with van der Waals surface area (Å²) in [6.07, 6.45) is 6.37. The maximum atomic E-state index is 12.0. The number of nitrogens with zero attached hydrogens (tertiary/aromatic N) is 1. The number of carboxylic acid groups (broad SMARTS) is 1. The van der Waals surface area contributed by atoms with E-state index in [0.29, 0.717) is 13.0 Å². The number of carboxylic acids is 1. The summed E-state index contributed by atoms with van der Waals surface area (Å²) in [6, 6.07) is -0.0842. The van der Waals surface area contributed by atoms with Crippen molar-refractivity contribution >= 4 is 11.9 Å². The van der Waals surface area contributed by atoms with Gasteiger partial charge in [0.05, 0.1) is 6.42 Å². The van der Waals surface area contributed by atoms with E-state index in [2.05, 4.69) is 0 Å². The fourth-order valence-corrected chi connectivity index (χ4v) is 2.50. The summed E-state index contributed by atoms with van der Waals surface area (Å²) in [5.41, 5.74) is 5.40. The molecule has 1 heterocycles. The summed E-state index contributed by atoms with van der Waals surface area (Å²) >= 11 is 0. The molecule has 0 bridgehead atoms. The van der Waals surface area contributed by atoms with Gasteiger partial charge in [-0.25, -0.2) is 0 Å². The molecule has 0 aromatic heterocycles. The highest BCUT2D eigenvalue weighted by atomic mass is 16.4. The van der Waals surface area contributed by atoms with Crippen molar-refractivity contribution in [2.45, 2.75) is 57.4 Å². The Morgan fingerprint density at radius 2 is 1.94 bits per heavy atom. The van der Waals surface area contributed by atoms with Crippen molar-refractivity contribution in [2.75, 3.05) is 13.1 Å². The SMILES string of the molecule is NCCCCCCC(=O)N1CCCC1CC(=O)O. The van der Waals surface area contributed by atoms with Crippen LogP contribution in [0.4, 0.5) is 0 Å². The molecule has 3 N–H and O–H groups in total. The molecule has 0 aliphatic carbocycles. The van der Waals surface area contributed by atoms with Crippen LogP contribution in [0, 0.1) is 0 Å². The second-order valence-corrected chi connectivity index (χ2v) is 4.93. The maximum absolute atomic E-state index is 12.0. The summed E-state index contributed by atoms with van der Waals surface area (Å²) in [5.74, 6) is -0.700. The fraction of sp³-hybridized carbons (Fsp3) is 0.846. The summed E-state index contributed by atoms with van der Waals surface area (Å²) in [5, 5.41) is 8.80. The molecule has 1 aliphatic rings. The summed E-state index contributed by atoms with van der Waals surface area (Å²) < 4.78 is 0. The lowest BCUT2D eigenvalue weighted by molar-refractivity contribution is -0.139. The van der Waals surface area contributed by atoms with Gasteiger partial charge in [0.1, 0.15) is 0 Å². The highest BCUT2D eigenvalue weighted by molar-refractivity contribution is 5.78. The van der Waals surface area contributed by atoms with E-state index in [0.717, 1.165) is 45.1 Å². The predicted octanol–water partition coefficient (Wildman–Crippen LogP) is 1.36. The van der Waals surface area contributed by atoms with E-state index in [1.807, 2.05) is 0 Å². The summed E-state index contributed by atoms with van der Waals surface area (Å²) in [7, 11) is 0. The number of rotatable bonds is 8. The van der Waals surface area contributed by atoms with E-state index >= 15 is 0 Å². The van der Waals surface area contributed by atoms with Crippen molar-refractivity contribution in [2.24, 2.45) is 5.73 Å². The normalized spacial score (nSPS) is 19.2. The van der Waals surface area contributed by atoms with Gasteiger partial charge in [-0.15, -0.1) is 0 Å². The van der Waals surface area contributed by atoms with Gasteiger partial charge in [-0.3, -0.25) is 9.59 Å². The van der Waals surface area contributed by atoms with Gasteiger partial charge < -0.3 is 15.7 Å². The first-order chi connectivity index (χ1) is 8.65. The molecule has 1 aliphatic heterocycles. The molecule has 1 atom stereocenters. The van der Waals surface area contributed by atoms with Crippen molar-refractivity contribution in [3.63, 3.8) is 0 Å². The molecule has 1 fully saturated rings. The number of hydrogen-bond donors (Lipinski definition) is 2. The molecule has 18 heavy (non-hydrogen) atoms. The molecule has 0 spiro atoms. The van der Waals surface area contributed by atoms with E-state index in [9.17, 15) is 9.59 Å². The lowest BCUT2D eigenvalue weighted by Gasteiger charge is -2.23. The lowest BCUT2D eigenvalue weighted by Crippen LogP contribution is -2.36. The van der Waals surface area contributed by atoms with Gasteiger partial charge in [-0.05, 0) is 32.2 Å². The zero-order valence-corrected chi connectivity index (χ0v) is 10.9. The van der Waals surface area contributed by atoms with Crippen LogP contribution in [0.2, 0.25) is 0 Å². The molecule has 1 amide bonds. The minimum Gasteiger partial charge on any atom is -0.481 e. The van der Waals surface area contributed by atoms with Crippen LogP contribution in [0.25, 0.3) is 0 Å². The summed E-state index contributed by atoms with van der Waals surface area (Å²) in [6.45, 7) is 1.43. The van der Waals surface area contributed by atoms with Gasteiger partial charge in [0.15, 0.2) is 0 Å². The number of unbranched alkanes of at least 4 members (excludes halogenated alkanes) is 3. The van der Waals surface area contributed by atoms with E-state index in [1.165, 1.54) is 0 Å². The third kappa shape index (κ3) is 5.04. The third-order valence-corrected chi connectivity index (χ3v) is 3.45. The maximum Gasteiger partial charge on any atom is 0.305 e. The van der Waals surface area contributed by atoms with Crippen LogP contribution < -0.4 is 5.73 Å². The van der Waals surface area contributed by atoms with Gasteiger partial charge >= 0.3 is 5.97 Å². The topological polar surface area (TPSA) is 83.6 Å². The van der Waals surface area contributed by atoms with Crippen LogP contribution >= 0.6 is 0 Å². The molecule has 5 heteroatoms. The van der Waals surface area contributed by atoms with Crippen LogP contribution in [0.15, 0.2) is 0 Å². The van der Waals surface area contributed by atoms with Crippen LogP contribution in [-0.4, -0.2) is 41.0 Å². The first kappa shape index (κ1) is 15.0. The van der Waals surface area contributed by atoms with Crippen LogP contribution in [-0.2, 0) is 9.59 Å². The molecule has 0 saturated carbocycles. The minimum absolute atomic E-state index is 0.0823. The van der Waals surface area contributed by atoms with Crippen molar-refractivity contribution in [1.29, 1.82) is 0 Å². The Balaban J connectivity index is 2.25. The molecular weight excluding hydrogens is 232 g/mol. The quantitative estimate of drug-likeness (QED) is 0.642. The van der Waals surface area contributed by atoms with E-state index in [4.69, 9.17) is 10.8 Å². The lowest BCUT2D eigenvalue weighted by atomic mass is 10.1. The zero-order chi connectivity index (χ0) is 13.4. The van der Waals surface area contributed by atoms with Crippen molar-refractivity contribution in [1.82, 2.24) is 4.90 Å². The van der Waals surface area contributed by atoms with Gasteiger partial charge in [0.2, 0.25) is 5.91 Å². The predicted molar refractivity (Wildman–Crippen MR) is 69.1 cm³/mol. The first-order valence-electron chi connectivity index (χ1n) is 6.86. The Morgan fingerprint density at radius 3 is 2.61 bits per heavy atom. The monoisotopic (exact) mass is 256 g/mol. The second kappa shape index (κ2) is 8.08. The minimum atomic E-state index is -0.817. The van der Waals surface area contributed by atoms with Gasteiger partial charge in [-0.1, -0.05) is 12.8 Å². The summed E-state index contributed by atoms with van der Waals surface area (Å²) in [4.78, 5) is 24.4. The third-order valence-electron chi connectivity index (χ3n) is 3.45. The van der Waals surface area contributed by atoms with Crippen molar-refractivity contribution in [3.05, 3.63) is 0 Å². The number of amides is 1. The standard InChI is InChI=1S/C13H24N2O3/c14-8-4-2-1-3-7-12(16)15-9-5-6-11(15)10-13(17)18/h11H,1-10,14H2,(H,17,18). The zero-order valence-electron chi connectivity index (χ0n) is 10.9. The smallest absolute Gasteiger partial charge is 0.305 e. The molecule has 5 nitrogen and oxygen atoms in total. The van der Waals surface area contributed by atoms with Crippen LogP contribution in [0.5, 0.6) is 0 Å². The Bertz CT molecular complexity index is 281. The highest BCUT2D eigenvalue weighted by Crippen LogP contribution is 2.21. The number of aliphatic carboxylic acids is 1. The Kier molecular flexibility index (Phi) is 6.72. The van der Waals surface area contributed by atoms with Crippen LogP contribution in [0.1, 0.15) is 51.4 Å².